The lowest BCUT2D eigenvalue weighted by atomic mass is 10.1. The Labute approximate surface area is 92.5 Å². The van der Waals surface area contributed by atoms with Crippen molar-refractivity contribution in [3.63, 3.8) is 0 Å². The maximum atomic E-state index is 4.33. The summed E-state index contributed by atoms with van der Waals surface area (Å²) in [7, 11) is 0. The van der Waals surface area contributed by atoms with Gasteiger partial charge in [0.1, 0.15) is 0 Å². The van der Waals surface area contributed by atoms with Crippen molar-refractivity contribution < 1.29 is 0 Å². The molecule has 1 aromatic heterocycles. The van der Waals surface area contributed by atoms with Crippen molar-refractivity contribution >= 4 is 5.82 Å². The molecule has 0 radical (unpaired) electrons. The number of hydrogen-bond donors (Lipinski definition) is 0. The molecule has 0 spiro atoms. The molecule has 1 aromatic rings. The van der Waals surface area contributed by atoms with Crippen LogP contribution in [-0.2, 0) is 6.42 Å². The van der Waals surface area contributed by atoms with Gasteiger partial charge in [0.25, 0.3) is 0 Å². The van der Waals surface area contributed by atoms with Crippen LogP contribution < -0.4 is 4.90 Å². The summed E-state index contributed by atoms with van der Waals surface area (Å²) < 4.78 is 0. The Morgan fingerprint density at radius 2 is 1.53 bits per heavy atom. The van der Waals surface area contributed by atoms with Crippen molar-refractivity contribution in [2.75, 3.05) is 18.0 Å². The van der Waals surface area contributed by atoms with Gasteiger partial charge >= 0.3 is 0 Å². The van der Waals surface area contributed by atoms with E-state index >= 15 is 0 Å². The Kier molecular flexibility index (Phi) is 4.06. The summed E-state index contributed by atoms with van der Waals surface area (Å²) in [5.74, 6) is 1.04. The molecule has 15 heavy (non-hydrogen) atoms. The van der Waals surface area contributed by atoms with Gasteiger partial charge in [-0.25, -0.2) is 0 Å². The molecule has 0 atom stereocenters. The summed E-state index contributed by atoms with van der Waals surface area (Å²) in [6, 6.07) is 0. The molecular weight excluding hydrogens is 186 g/mol. The van der Waals surface area contributed by atoms with E-state index in [9.17, 15) is 0 Å². The molecule has 0 N–H and O–H groups in total. The summed E-state index contributed by atoms with van der Waals surface area (Å²) in [6.07, 6.45) is 0.957. The average Bonchev–Trinajstić information content (AvgIpc) is 2.26. The van der Waals surface area contributed by atoms with Crippen LogP contribution in [-0.4, -0.2) is 23.3 Å². The van der Waals surface area contributed by atoms with Gasteiger partial charge in [-0.05, 0) is 45.2 Å². The molecule has 0 saturated heterocycles. The van der Waals surface area contributed by atoms with Crippen LogP contribution in [0.5, 0.6) is 0 Å². The summed E-state index contributed by atoms with van der Waals surface area (Å²) in [6.45, 7) is 12.6. The molecule has 0 aromatic carbocycles. The first-order valence-electron chi connectivity index (χ1n) is 5.73. The molecule has 3 heteroatoms. The maximum Gasteiger partial charge on any atom is 0.154 e. The molecular formula is C12H21N3. The Balaban J connectivity index is 3.16. The molecule has 0 aliphatic heterocycles. The summed E-state index contributed by atoms with van der Waals surface area (Å²) in [4.78, 5) is 2.24. The largest absolute Gasteiger partial charge is 0.355 e. The first-order valence-corrected chi connectivity index (χ1v) is 5.73. The second-order valence-electron chi connectivity index (χ2n) is 3.75. The van der Waals surface area contributed by atoms with Crippen LogP contribution in [0.25, 0.3) is 0 Å². The Bertz CT molecular complexity index is 330. The van der Waals surface area contributed by atoms with E-state index in [2.05, 4.69) is 49.7 Å². The highest BCUT2D eigenvalue weighted by Gasteiger charge is 2.12. The highest BCUT2D eigenvalue weighted by molar-refractivity contribution is 5.49. The van der Waals surface area contributed by atoms with Gasteiger partial charge in [-0.2, -0.15) is 5.10 Å². The molecule has 0 bridgehead atoms. The minimum Gasteiger partial charge on any atom is -0.355 e. The van der Waals surface area contributed by atoms with E-state index in [1.165, 1.54) is 11.1 Å². The van der Waals surface area contributed by atoms with E-state index in [1.54, 1.807) is 0 Å². The minimum atomic E-state index is 0.957. The first kappa shape index (κ1) is 12.0. The highest BCUT2D eigenvalue weighted by Crippen LogP contribution is 2.20. The summed E-state index contributed by atoms with van der Waals surface area (Å²) in [5, 5.41) is 8.61. The van der Waals surface area contributed by atoms with Gasteiger partial charge in [0.15, 0.2) is 5.82 Å². The molecule has 0 aliphatic rings. The maximum absolute atomic E-state index is 4.33. The fraction of sp³-hybridized carbons (Fsp3) is 0.667. The fourth-order valence-electron chi connectivity index (χ4n) is 1.80. The number of nitrogens with zero attached hydrogens (tertiary/aromatic N) is 3. The summed E-state index contributed by atoms with van der Waals surface area (Å²) >= 11 is 0. The van der Waals surface area contributed by atoms with Gasteiger partial charge < -0.3 is 4.90 Å². The number of aryl methyl sites for hydroxylation is 1. The van der Waals surface area contributed by atoms with Gasteiger partial charge in [-0.15, -0.1) is 5.10 Å². The van der Waals surface area contributed by atoms with Crippen LogP contribution in [0.2, 0.25) is 0 Å². The zero-order valence-electron chi connectivity index (χ0n) is 10.5. The third-order valence-electron chi connectivity index (χ3n) is 2.99. The molecule has 1 heterocycles. The number of hydrogen-bond acceptors (Lipinski definition) is 3. The van der Waals surface area contributed by atoms with Crippen molar-refractivity contribution in [1.29, 1.82) is 0 Å². The predicted molar refractivity (Wildman–Crippen MR) is 64.4 cm³/mol. The van der Waals surface area contributed by atoms with Crippen LogP contribution in [0.15, 0.2) is 0 Å². The van der Waals surface area contributed by atoms with Crippen molar-refractivity contribution in [2.45, 2.75) is 41.0 Å². The molecule has 0 amide bonds. The van der Waals surface area contributed by atoms with Crippen molar-refractivity contribution in [1.82, 2.24) is 10.2 Å². The minimum absolute atomic E-state index is 0.957. The van der Waals surface area contributed by atoms with Crippen molar-refractivity contribution in [3.8, 4) is 0 Å². The molecule has 84 valence electrons. The van der Waals surface area contributed by atoms with Crippen LogP contribution in [0.4, 0.5) is 5.82 Å². The van der Waals surface area contributed by atoms with Gasteiger partial charge in [-0.1, -0.05) is 6.92 Å². The quantitative estimate of drug-likeness (QED) is 0.759. The lowest BCUT2D eigenvalue weighted by Gasteiger charge is -2.22. The lowest BCUT2D eigenvalue weighted by molar-refractivity contribution is 0.796. The fourth-order valence-corrected chi connectivity index (χ4v) is 1.80. The number of rotatable bonds is 4. The van der Waals surface area contributed by atoms with Crippen molar-refractivity contribution in [2.24, 2.45) is 0 Å². The Hall–Kier alpha value is -1.12. The van der Waals surface area contributed by atoms with E-state index in [4.69, 9.17) is 0 Å². The SMILES string of the molecule is CCc1nnc(N(CC)CC)c(C)c1C. The molecule has 1 rings (SSSR count). The third kappa shape index (κ3) is 2.28. The zero-order valence-corrected chi connectivity index (χ0v) is 10.5. The topological polar surface area (TPSA) is 29.0 Å². The summed E-state index contributed by atoms with van der Waals surface area (Å²) in [5.41, 5.74) is 3.67. The molecule has 3 nitrogen and oxygen atoms in total. The predicted octanol–water partition coefficient (Wildman–Crippen LogP) is 2.50. The third-order valence-corrected chi connectivity index (χ3v) is 2.99. The van der Waals surface area contributed by atoms with Crippen molar-refractivity contribution in [3.05, 3.63) is 16.8 Å². The standard InChI is InChI=1S/C12H21N3/c1-6-11-9(4)10(5)12(14-13-11)15(7-2)8-3/h6-8H2,1-5H3. The lowest BCUT2D eigenvalue weighted by Crippen LogP contribution is -2.25. The molecule has 0 unspecified atom stereocenters. The second kappa shape index (κ2) is 5.10. The van der Waals surface area contributed by atoms with Gasteiger partial charge in [-0.3, -0.25) is 0 Å². The van der Waals surface area contributed by atoms with E-state index in [0.717, 1.165) is 31.0 Å². The van der Waals surface area contributed by atoms with Crippen LogP contribution in [0.1, 0.15) is 37.6 Å². The Morgan fingerprint density at radius 3 is 2.00 bits per heavy atom. The van der Waals surface area contributed by atoms with Gasteiger partial charge in [0.05, 0.1) is 5.69 Å². The smallest absolute Gasteiger partial charge is 0.154 e. The average molecular weight is 207 g/mol. The van der Waals surface area contributed by atoms with Gasteiger partial charge in [0.2, 0.25) is 0 Å². The zero-order chi connectivity index (χ0) is 11.4. The molecule has 0 aliphatic carbocycles. The van der Waals surface area contributed by atoms with E-state index in [0.29, 0.717) is 0 Å². The van der Waals surface area contributed by atoms with E-state index < -0.39 is 0 Å². The van der Waals surface area contributed by atoms with Crippen LogP contribution in [0, 0.1) is 13.8 Å². The highest BCUT2D eigenvalue weighted by atomic mass is 15.3. The van der Waals surface area contributed by atoms with E-state index in [1.807, 2.05) is 0 Å². The monoisotopic (exact) mass is 207 g/mol. The number of aromatic nitrogens is 2. The van der Waals surface area contributed by atoms with E-state index in [-0.39, 0.29) is 0 Å². The molecule has 0 fully saturated rings. The normalized spacial score (nSPS) is 10.5. The Morgan fingerprint density at radius 1 is 0.933 bits per heavy atom. The van der Waals surface area contributed by atoms with Crippen LogP contribution in [0.3, 0.4) is 0 Å². The van der Waals surface area contributed by atoms with Crippen LogP contribution >= 0.6 is 0 Å². The molecule has 0 saturated carbocycles. The van der Waals surface area contributed by atoms with Gasteiger partial charge in [0, 0.05) is 13.1 Å². The second-order valence-corrected chi connectivity index (χ2v) is 3.75. The first-order chi connectivity index (χ1) is 7.15. The number of anilines is 1.